The number of anilines is 1. The molecule has 8 heteroatoms. The normalized spacial score (nSPS) is 16.1. The van der Waals surface area contributed by atoms with Crippen molar-refractivity contribution in [1.82, 2.24) is 4.90 Å². The van der Waals surface area contributed by atoms with Crippen LogP contribution in [-0.4, -0.2) is 36.4 Å². The Balaban J connectivity index is 1.62. The SMILES string of the molecule is CCOC(=O)c1ccccc1NC(=O)[C@H]1c2ccccc2C(=O)N(Cc2ccc(F)cc2)[C@@H]1c1ccc(OC)cc1. The van der Waals surface area contributed by atoms with E-state index in [9.17, 15) is 18.8 Å². The largest absolute Gasteiger partial charge is 0.497 e. The number of carbonyl (C=O) groups is 3. The number of methoxy groups -OCH3 is 1. The van der Waals surface area contributed by atoms with Crippen LogP contribution in [0.4, 0.5) is 10.1 Å². The summed E-state index contributed by atoms with van der Waals surface area (Å²) in [6.45, 7) is 2.05. The standard InChI is InChI=1S/C33H29FN2O5/c1-3-41-33(39)27-10-6-7-11-28(27)35-31(37)29-25-8-4-5-9-26(25)32(38)36(20-21-12-16-23(34)17-13-21)30(29)22-14-18-24(40-2)19-15-22/h4-19,29-30H,3,20H2,1-2H3,(H,35,37)/t29-,30+/m0/s1. The van der Waals surface area contributed by atoms with Gasteiger partial charge in [0.25, 0.3) is 5.91 Å². The molecule has 0 spiro atoms. The maximum absolute atomic E-state index is 14.2. The summed E-state index contributed by atoms with van der Waals surface area (Å²) in [5.74, 6) is -1.78. The molecule has 0 fully saturated rings. The van der Waals surface area contributed by atoms with Crippen LogP contribution in [0.25, 0.3) is 0 Å². The Bertz CT molecular complexity index is 1570. The molecule has 7 nitrogen and oxygen atoms in total. The van der Waals surface area contributed by atoms with E-state index in [2.05, 4.69) is 5.32 Å². The van der Waals surface area contributed by atoms with E-state index in [0.717, 1.165) is 5.56 Å². The zero-order valence-corrected chi connectivity index (χ0v) is 22.7. The van der Waals surface area contributed by atoms with Crippen molar-refractivity contribution in [3.63, 3.8) is 0 Å². The summed E-state index contributed by atoms with van der Waals surface area (Å²) in [6.07, 6.45) is 0. The molecule has 0 aromatic heterocycles. The van der Waals surface area contributed by atoms with Gasteiger partial charge in [-0.1, -0.05) is 54.6 Å². The first kappa shape index (κ1) is 27.6. The van der Waals surface area contributed by atoms with Crippen LogP contribution in [0, 0.1) is 5.82 Å². The highest BCUT2D eigenvalue weighted by atomic mass is 19.1. The lowest BCUT2D eigenvalue weighted by Crippen LogP contribution is -2.45. The van der Waals surface area contributed by atoms with Crippen LogP contribution in [0.15, 0.2) is 97.1 Å². The number of carbonyl (C=O) groups excluding carboxylic acids is 3. The van der Waals surface area contributed by atoms with Crippen molar-refractivity contribution in [3.8, 4) is 5.75 Å². The first-order chi connectivity index (χ1) is 19.9. The molecule has 5 rings (SSSR count). The summed E-state index contributed by atoms with van der Waals surface area (Å²) >= 11 is 0. The lowest BCUT2D eigenvalue weighted by atomic mass is 9.79. The Morgan fingerprint density at radius 2 is 1.59 bits per heavy atom. The van der Waals surface area contributed by atoms with Gasteiger partial charge in [0.2, 0.25) is 5.91 Å². The molecule has 0 radical (unpaired) electrons. The number of para-hydroxylation sites is 1. The highest BCUT2D eigenvalue weighted by Gasteiger charge is 2.44. The third-order valence-corrected chi connectivity index (χ3v) is 7.12. The maximum atomic E-state index is 14.2. The van der Waals surface area contributed by atoms with Crippen LogP contribution >= 0.6 is 0 Å². The van der Waals surface area contributed by atoms with Crippen molar-refractivity contribution >= 4 is 23.5 Å². The van der Waals surface area contributed by atoms with Gasteiger partial charge in [-0.05, 0) is 66.1 Å². The number of ether oxygens (including phenoxy) is 2. The van der Waals surface area contributed by atoms with E-state index in [1.807, 2.05) is 12.1 Å². The summed E-state index contributed by atoms with van der Waals surface area (Å²) in [5.41, 5.74) is 2.94. The number of hydrogen-bond acceptors (Lipinski definition) is 5. The molecule has 4 aromatic carbocycles. The van der Waals surface area contributed by atoms with Crippen molar-refractivity contribution < 1.29 is 28.2 Å². The van der Waals surface area contributed by atoms with Crippen LogP contribution in [-0.2, 0) is 16.1 Å². The van der Waals surface area contributed by atoms with E-state index >= 15 is 0 Å². The Morgan fingerprint density at radius 3 is 2.29 bits per heavy atom. The fourth-order valence-corrected chi connectivity index (χ4v) is 5.20. The van der Waals surface area contributed by atoms with Crippen LogP contribution in [0.5, 0.6) is 5.75 Å². The fraction of sp³-hybridized carbons (Fsp3) is 0.182. The van der Waals surface area contributed by atoms with E-state index in [-0.39, 0.29) is 30.4 Å². The van der Waals surface area contributed by atoms with Gasteiger partial charge < -0.3 is 19.7 Å². The Kier molecular flexibility index (Phi) is 8.10. The third-order valence-electron chi connectivity index (χ3n) is 7.12. The second-order valence-electron chi connectivity index (χ2n) is 9.60. The van der Waals surface area contributed by atoms with Crippen molar-refractivity contribution in [2.45, 2.75) is 25.4 Å². The first-order valence-corrected chi connectivity index (χ1v) is 13.3. The van der Waals surface area contributed by atoms with Gasteiger partial charge in [-0.3, -0.25) is 9.59 Å². The van der Waals surface area contributed by atoms with Crippen LogP contribution in [0.2, 0.25) is 0 Å². The maximum Gasteiger partial charge on any atom is 0.340 e. The molecule has 2 amide bonds. The molecule has 1 N–H and O–H groups in total. The quantitative estimate of drug-likeness (QED) is 0.266. The number of hydrogen-bond donors (Lipinski definition) is 1. The molecule has 0 bridgehead atoms. The van der Waals surface area contributed by atoms with Gasteiger partial charge in [0.15, 0.2) is 0 Å². The number of benzene rings is 4. The molecule has 1 heterocycles. The molecule has 4 aromatic rings. The number of nitrogens with one attached hydrogen (secondary N) is 1. The number of rotatable bonds is 8. The van der Waals surface area contributed by atoms with Gasteiger partial charge in [-0.25, -0.2) is 9.18 Å². The minimum absolute atomic E-state index is 0.146. The molecule has 208 valence electrons. The second kappa shape index (κ2) is 12.0. The molecule has 0 unspecified atom stereocenters. The minimum atomic E-state index is -0.840. The number of nitrogens with zero attached hydrogens (tertiary/aromatic N) is 1. The van der Waals surface area contributed by atoms with Crippen molar-refractivity contribution in [3.05, 3.63) is 131 Å². The average Bonchev–Trinajstić information content (AvgIpc) is 3.00. The van der Waals surface area contributed by atoms with Crippen LogP contribution < -0.4 is 10.1 Å². The van der Waals surface area contributed by atoms with Gasteiger partial charge in [-0.15, -0.1) is 0 Å². The lowest BCUT2D eigenvalue weighted by molar-refractivity contribution is -0.119. The summed E-state index contributed by atoms with van der Waals surface area (Å²) < 4.78 is 24.2. The lowest BCUT2D eigenvalue weighted by Gasteiger charge is -2.42. The summed E-state index contributed by atoms with van der Waals surface area (Å²) in [4.78, 5) is 42.5. The van der Waals surface area contributed by atoms with Gasteiger partial charge in [0.1, 0.15) is 11.6 Å². The third kappa shape index (κ3) is 5.68. The van der Waals surface area contributed by atoms with E-state index in [1.165, 1.54) is 12.1 Å². The number of fused-ring (bicyclic) bond motifs is 1. The predicted octanol–water partition coefficient (Wildman–Crippen LogP) is 6.13. The molecular weight excluding hydrogens is 523 g/mol. The molecule has 41 heavy (non-hydrogen) atoms. The first-order valence-electron chi connectivity index (χ1n) is 13.3. The number of amides is 2. The van der Waals surface area contributed by atoms with Gasteiger partial charge >= 0.3 is 5.97 Å². The smallest absolute Gasteiger partial charge is 0.340 e. The molecule has 0 aliphatic carbocycles. The van der Waals surface area contributed by atoms with Crippen molar-refractivity contribution in [2.24, 2.45) is 0 Å². The monoisotopic (exact) mass is 552 g/mol. The van der Waals surface area contributed by atoms with Crippen molar-refractivity contribution in [2.75, 3.05) is 19.0 Å². The molecule has 0 saturated carbocycles. The summed E-state index contributed by atoms with van der Waals surface area (Å²) in [6, 6.07) is 26.1. The minimum Gasteiger partial charge on any atom is -0.497 e. The average molecular weight is 553 g/mol. The topological polar surface area (TPSA) is 84.9 Å². The van der Waals surface area contributed by atoms with E-state index in [4.69, 9.17) is 9.47 Å². The summed E-state index contributed by atoms with van der Waals surface area (Å²) in [7, 11) is 1.56. The molecule has 1 aliphatic heterocycles. The fourth-order valence-electron chi connectivity index (χ4n) is 5.20. The molecular formula is C33H29FN2O5. The van der Waals surface area contributed by atoms with Gasteiger partial charge in [-0.2, -0.15) is 0 Å². The summed E-state index contributed by atoms with van der Waals surface area (Å²) in [5, 5.41) is 2.94. The Hall–Kier alpha value is -4.98. The number of halogens is 1. The predicted molar refractivity (Wildman–Crippen MR) is 152 cm³/mol. The zero-order chi connectivity index (χ0) is 28.9. The highest BCUT2D eigenvalue weighted by Crippen LogP contribution is 2.44. The van der Waals surface area contributed by atoms with Crippen molar-refractivity contribution in [1.29, 1.82) is 0 Å². The van der Waals surface area contributed by atoms with Crippen LogP contribution in [0.3, 0.4) is 0 Å². The molecule has 0 saturated heterocycles. The molecule has 1 aliphatic rings. The zero-order valence-electron chi connectivity index (χ0n) is 22.7. The highest BCUT2D eigenvalue weighted by molar-refractivity contribution is 6.07. The Morgan fingerprint density at radius 1 is 0.902 bits per heavy atom. The second-order valence-corrected chi connectivity index (χ2v) is 9.60. The van der Waals surface area contributed by atoms with E-state index in [0.29, 0.717) is 28.1 Å². The number of esters is 1. The van der Waals surface area contributed by atoms with Gasteiger partial charge in [0, 0.05) is 12.1 Å². The van der Waals surface area contributed by atoms with Crippen LogP contribution in [0.1, 0.15) is 56.3 Å². The van der Waals surface area contributed by atoms with E-state index in [1.54, 1.807) is 91.7 Å². The van der Waals surface area contributed by atoms with E-state index < -0.39 is 23.8 Å². The molecule has 2 atom stereocenters. The Labute approximate surface area is 237 Å². The van der Waals surface area contributed by atoms with Gasteiger partial charge in [0.05, 0.1) is 36.9 Å².